The fraction of sp³-hybridized carbons (Fsp3) is 0.600. The Morgan fingerprint density at radius 3 is 2.29 bits per heavy atom. The van der Waals surface area contributed by atoms with Crippen molar-refractivity contribution in [3.8, 4) is 11.5 Å². The van der Waals surface area contributed by atoms with Gasteiger partial charge in [-0.3, -0.25) is 0 Å². The summed E-state index contributed by atoms with van der Waals surface area (Å²) in [5.41, 5.74) is 2.92. The highest BCUT2D eigenvalue weighted by Gasteiger charge is 2.39. The summed E-state index contributed by atoms with van der Waals surface area (Å²) in [4.78, 5) is 0. The maximum atomic E-state index is 10.9. The predicted molar refractivity (Wildman–Crippen MR) is 117 cm³/mol. The normalized spacial score (nSPS) is 23.0. The third kappa shape index (κ3) is 4.81. The van der Waals surface area contributed by atoms with Gasteiger partial charge in [0.05, 0.1) is 6.10 Å². The first-order chi connectivity index (χ1) is 13.1. The van der Waals surface area contributed by atoms with E-state index < -0.39 is 12.0 Å². The van der Waals surface area contributed by atoms with Crippen molar-refractivity contribution in [3.63, 3.8) is 0 Å². The number of phenolic OH excluding ortho intramolecular Hbond substituents is 2. The molecule has 1 aliphatic carbocycles. The monoisotopic (exact) mass is 386 g/mol. The van der Waals surface area contributed by atoms with Crippen molar-refractivity contribution in [1.82, 2.24) is 0 Å². The van der Waals surface area contributed by atoms with Crippen LogP contribution in [-0.4, -0.2) is 21.4 Å². The maximum absolute atomic E-state index is 10.9. The summed E-state index contributed by atoms with van der Waals surface area (Å²) in [6, 6.07) is 3.54. The van der Waals surface area contributed by atoms with Crippen molar-refractivity contribution in [2.24, 2.45) is 5.92 Å². The van der Waals surface area contributed by atoms with Crippen LogP contribution in [0.1, 0.15) is 89.7 Å². The molecule has 156 valence electrons. The number of aliphatic hydroxyl groups is 1. The van der Waals surface area contributed by atoms with Gasteiger partial charge in [-0.25, -0.2) is 0 Å². The van der Waals surface area contributed by atoms with Crippen LogP contribution < -0.4 is 0 Å². The molecule has 1 aromatic carbocycles. The average Bonchev–Trinajstić information content (AvgIpc) is 2.61. The van der Waals surface area contributed by atoms with E-state index in [9.17, 15) is 15.3 Å². The molecule has 2 rings (SSSR count). The topological polar surface area (TPSA) is 60.7 Å². The number of rotatable bonds is 8. The van der Waals surface area contributed by atoms with Gasteiger partial charge in [-0.15, -0.1) is 0 Å². The van der Waals surface area contributed by atoms with Gasteiger partial charge in [0.15, 0.2) is 0 Å². The van der Waals surface area contributed by atoms with Gasteiger partial charge in [-0.2, -0.15) is 0 Å². The Morgan fingerprint density at radius 2 is 1.75 bits per heavy atom. The van der Waals surface area contributed by atoms with E-state index in [4.69, 9.17) is 0 Å². The van der Waals surface area contributed by atoms with Crippen LogP contribution in [0.5, 0.6) is 11.5 Å². The Balaban J connectivity index is 2.37. The fourth-order valence-electron chi connectivity index (χ4n) is 4.55. The van der Waals surface area contributed by atoms with Crippen LogP contribution in [0.25, 0.3) is 0 Å². The Morgan fingerprint density at radius 1 is 1.14 bits per heavy atom. The molecule has 0 saturated heterocycles. The van der Waals surface area contributed by atoms with Crippen molar-refractivity contribution in [3.05, 3.63) is 47.6 Å². The van der Waals surface area contributed by atoms with Crippen molar-refractivity contribution in [2.45, 2.75) is 90.1 Å². The number of aromatic hydroxyl groups is 2. The van der Waals surface area contributed by atoms with Crippen LogP contribution in [0, 0.1) is 5.92 Å². The summed E-state index contributed by atoms with van der Waals surface area (Å²) >= 11 is 0. The van der Waals surface area contributed by atoms with Crippen LogP contribution in [-0.2, 0) is 5.41 Å². The minimum Gasteiger partial charge on any atom is -0.508 e. The second kappa shape index (κ2) is 9.17. The number of benzene rings is 1. The third-order valence-corrected chi connectivity index (χ3v) is 6.51. The van der Waals surface area contributed by atoms with Gasteiger partial charge < -0.3 is 15.3 Å². The Bertz CT molecular complexity index is 693. The molecule has 0 bridgehead atoms. The van der Waals surface area contributed by atoms with E-state index in [1.807, 2.05) is 6.92 Å². The van der Waals surface area contributed by atoms with E-state index >= 15 is 0 Å². The zero-order valence-electron chi connectivity index (χ0n) is 18.1. The lowest BCUT2D eigenvalue weighted by Gasteiger charge is -2.38. The molecule has 3 nitrogen and oxygen atoms in total. The lowest BCUT2D eigenvalue weighted by Crippen LogP contribution is -2.33. The third-order valence-electron chi connectivity index (χ3n) is 6.51. The highest BCUT2D eigenvalue weighted by Crippen LogP contribution is 2.49. The minimum atomic E-state index is -0.792. The first-order valence-corrected chi connectivity index (χ1v) is 10.7. The number of hydrogen-bond donors (Lipinski definition) is 3. The molecule has 0 radical (unpaired) electrons. The number of phenols is 2. The number of allylic oxidation sites excluding steroid dienone is 1. The molecular formula is C25H38O3. The molecule has 0 spiro atoms. The van der Waals surface area contributed by atoms with Gasteiger partial charge in [-0.1, -0.05) is 65.2 Å². The van der Waals surface area contributed by atoms with E-state index in [1.165, 1.54) is 19.3 Å². The highest BCUT2D eigenvalue weighted by atomic mass is 16.3. The summed E-state index contributed by atoms with van der Waals surface area (Å²) in [5.74, 6) is -0.297. The molecule has 3 atom stereocenters. The van der Waals surface area contributed by atoms with E-state index in [-0.39, 0.29) is 22.8 Å². The van der Waals surface area contributed by atoms with Crippen LogP contribution >= 0.6 is 0 Å². The molecular weight excluding hydrogens is 348 g/mol. The standard InChI is InChI=1S/C25H38O3/c1-7-8-9-10-13-25(5,6)18-14-20(26)23(21(27)15-18)22-19(16(2)3)12-11-17(4)24(22)28/h14-15,19,22,24,26-28H,2,4,7-13H2,1,3,5-6H3/t19-,22?,24-/m0/s1. The lowest BCUT2D eigenvalue weighted by atomic mass is 9.68. The van der Waals surface area contributed by atoms with Crippen LogP contribution in [0.4, 0.5) is 0 Å². The minimum absolute atomic E-state index is 0.00482. The lowest BCUT2D eigenvalue weighted by molar-refractivity contribution is 0.126. The molecule has 0 amide bonds. The van der Waals surface area contributed by atoms with Gasteiger partial charge >= 0.3 is 0 Å². The van der Waals surface area contributed by atoms with Crippen LogP contribution in [0.3, 0.4) is 0 Å². The average molecular weight is 387 g/mol. The van der Waals surface area contributed by atoms with Crippen molar-refractivity contribution in [1.29, 1.82) is 0 Å². The molecule has 1 saturated carbocycles. The molecule has 1 aliphatic rings. The van der Waals surface area contributed by atoms with Gasteiger partial charge in [0.1, 0.15) is 11.5 Å². The van der Waals surface area contributed by atoms with E-state index in [2.05, 4.69) is 33.9 Å². The summed E-state index contributed by atoms with van der Waals surface area (Å²) < 4.78 is 0. The largest absolute Gasteiger partial charge is 0.508 e. The van der Waals surface area contributed by atoms with Gasteiger partial charge in [0.2, 0.25) is 0 Å². The van der Waals surface area contributed by atoms with Gasteiger partial charge in [0.25, 0.3) is 0 Å². The van der Waals surface area contributed by atoms with Gasteiger partial charge in [0, 0.05) is 11.5 Å². The molecule has 28 heavy (non-hydrogen) atoms. The molecule has 0 aromatic heterocycles. The summed E-state index contributed by atoms with van der Waals surface area (Å²) in [7, 11) is 0. The van der Waals surface area contributed by atoms with Crippen molar-refractivity contribution in [2.75, 3.05) is 0 Å². The first-order valence-electron chi connectivity index (χ1n) is 10.7. The molecule has 3 heteroatoms. The zero-order valence-corrected chi connectivity index (χ0v) is 18.1. The van der Waals surface area contributed by atoms with E-state index in [0.717, 1.165) is 42.4 Å². The second-order valence-electron chi connectivity index (χ2n) is 9.24. The Labute approximate surface area is 170 Å². The van der Waals surface area contributed by atoms with E-state index in [1.54, 1.807) is 12.1 Å². The molecule has 1 unspecified atom stereocenters. The van der Waals surface area contributed by atoms with Crippen LogP contribution in [0.2, 0.25) is 0 Å². The molecule has 1 fully saturated rings. The second-order valence-corrected chi connectivity index (χ2v) is 9.24. The predicted octanol–water partition coefficient (Wildman–Crippen LogP) is 6.33. The summed E-state index contributed by atoms with van der Waals surface area (Å²) in [5, 5.41) is 32.5. The van der Waals surface area contributed by atoms with Gasteiger partial charge in [-0.05, 0) is 60.8 Å². The Hall–Kier alpha value is -1.74. The molecule has 0 heterocycles. The number of aliphatic hydroxyl groups excluding tert-OH is 1. The molecule has 0 aliphatic heterocycles. The van der Waals surface area contributed by atoms with Crippen LogP contribution in [0.15, 0.2) is 36.4 Å². The van der Waals surface area contributed by atoms with Crippen molar-refractivity contribution >= 4 is 0 Å². The number of unbranched alkanes of at least 4 members (excludes halogenated alkanes) is 3. The Kier molecular flexibility index (Phi) is 7.39. The van der Waals surface area contributed by atoms with E-state index in [0.29, 0.717) is 5.56 Å². The summed E-state index contributed by atoms with van der Waals surface area (Å²) in [6.45, 7) is 16.5. The first kappa shape index (κ1) is 22.5. The SMILES string of the molecule is C=C1CC[C@@H](C(=C)C)C(c2c(O)cc(C(C)(C)CCCCCC)cc2O)[C@H]1O. The summed E-state index contributed by atoms with van der Waals surface area (Å²) in [6.07, 6.45) is 6.53. The fourth-order valence-corrected chi connectivity index (χ4v) is 4.55. The molecule has 3 N–H and O–H groups in total. The maximum Gasteiger partial charge on any atom is 0.123 e. The quantitative estimate of drug-likeness (QED) is 0.361. The smallest absolute Gasteiger partial charge is 0.123 e. The number of hydrogen-bond acceptors (Lipinski definition) is 3. The zero-order chi connectivity index (χ0) is 21.1. The molecule has 1 aromatic rings. The highest BCUT2D eigenvalue weighted by molar-refractivity contribution is 5.52. The van der Waals surface area contributed by atoms with Crippen molar-refractivity contribution < 1.29 is 15.3 Å².